The normalized spacial score (nSPS) is 21.9. The number of likely N-dealkylation sites (tertiary alicyclic amines) is 2. The summed E-state index contributed by atoms with van der Waals surface area (Å²) in [6, 6.07) is 2.65. The van der Waals surface area contributed by atoms with E-state index in [1.54, 1.807) is 10.7 Å². The molecule has 28 heavy (non-hydrogen) atoms. The average Bonchev–Trinajstić information content (AvgIpc) is 3.17. The van der Waals surface area contributed by atoms with Crippen molar-refractivity contribution in [2.45, 2.75) is 71.5 Å². The second kappa shape index (κ2) is 9.54. The Hall–Kier alpha value is -1.89. The van der Waals surface area contributed by atoms with Gasteiger partial charge in [-0.3, -0.25) is 14.3 Å². The number of nitrogens with zero attached hydrogens (tertiary/aromatic N) is 4. The van der Waals surface area contributed by atoms with Crippen molar-refractivity contribution < 1.29 is 9.59 Å². The van der Waals surface area contributed by atoms with Gasteiger partial charge in [-0.05, 0) is 58.4 Å². The van der Waals surface area contributed by atoms with Crippen molar-refractivity contribution in [3.8, 4) is 0 Å². The van der Waals surface area contributed by atoms with E-state index in [-0.39, 0.29) is 17.7 Å². The van der Waals surface area contributed by atoms with Gasteiger partial charge in [-0.2, -0.15) is 5.10 Å². The largest absolute Gasteiger partial charge is 0.353 e. The predicted molar refractivity (Wildman–Crippen MR) is 109 cm³/mol. The first-order valence-electron chi connectivity index (χ1n) is 10.8. The van der Waals surface area contributed by atoms with Gasteiger partial charge < -0.3 is 15.1 Å². The zero-order chi connectivity index (χ0) is 20.1. The van der Waals surface area contributed by atoms with Gasteiger partial charge in [-0.25, -0.2) is 0 Å². The topological polar surface area (TPSA) is 70.5 Å². The predicted octanol–water partition coefficient (Wildman–Crippen LogP) is 2.13. The Kier molecular flexibility index (Phi) is 7.10. The van der Waals surface area contributed by atoms with E-state index >= 15 is 0 Å². The van der Waals surface area contributed by atoms with Crippen LogP contribution in [-0.4, -0.2) is 69.7 Å². The molecule has 0 bridgehead atoms. The molecule has 2 saturated heterocycles. The van der Waals surface area contributed by atoms with Crippen LogP contribution in [0.3, 0.4) is 0 Å². The van der Waals surface area contributed by atoms with E-state index in [1.807, 2.05) is 18.0 Å². The average molecular weight is 390 g/mol. The lowest BCUT2D eigenvalue weighted by atomic mass is 9.93. The van der Waals surface area contributed by atoms with Gasteiger partial charge in [0.05, 0.1) is 0 Å². The SMILES string of the molecule is CCn1ccc(C(=O)N2CCC[C@H](CC(=O)NC3CCN(C(C)C)CC3)C2)n1. The zero-order valence-electron chi connectivity index (χ0n) is 17.6. The number of hydrogen-bond acceptors (Lipinski definition) is 4. The molecule has 2 fully saturated rings. The first kappa shape index (κ1) is 20.8. The number of piperidine rings is 2. The van der Waals surface area contributed by atoms with Crippen LogP contribution in [0.1, 0.15) is 63.4 Å². The molecule has 0 spiro atoms. The molecule has 3 rings (SSSR count). The van der Waals surface area contributed by atoms with Crippen LogP contribution in [0.2, 0.25) is 0 Å². The highest BCUT2D eigenvalue weighted by molar-refractivity contribution is 5.92. The summed E-state index contributed by atoms with van der Waals surface area (Å²) >= 11 is 0. The highest BCUT2D eigenvalue weighted by Crippen LogP contribution is 2.21. The van der Waals surface area contributed by atoms with Crippen molar-refractivity contribution in [1.29, 1.82) is 0 Å². The molecule has 1 aromatic heterocycles. The van der Waals surface area contributed by atoms with E-state index in [9.17, 15) is 9.59 Å². The summed E-state index contributed by atoms with van der Waals surface area (Å²) in [7, 11) is 0. The Morgan fingerprint density at radius 2 is 1.96 bits per heavy atom. The summed E-state index contributed by atoms with van der Waals surface area (Å²) in [6.07, 6.45) is 6.36. The maximum Gasteiger partial charge on any atom is 0.274 e. The van der Waals surface area contributed by atoms with Gasteiger partial charge >= 0.3 is 0 Å². The number of nitrogens with one attached hydrogen (secondary N) is 1. The summed E-state index contributed by atoms with van der Waals surface area (Å²) < 4.78 is 1.77. The van der Waals surface area contributed by atoms with Gasteiger partial charge in [0, 0.05) is 57.4 Å². The number of aryl methyl sites for hydroxylation is 1. The smallest absolute Gasteiger partial charge is 0.274 e. The molecular formula is C21H35N5O2. The highest BCUT2D eigenvalue weighted by atomic mass is 16.2. The van der Waals surface area contributed by atoms with E-state index in [4.69, 9.17) is 0 Å². The van der Waals surface area contributed by atoms with Crippen LogP contribution in [0.25, 0.3) is 0 Å². The van der Waals surface area contributed by atoms with Gasteiger partial charge in [0.1, 0.15) is 5.69 Å². The van der Waals surface area contributed by atoms with Crippen molar-refractivity contribution in [2.75, 3.05) is 26.2 Å². The van der Waals surface area contributed by atoms with Gasteiger partial charge in [0.25, 0.3) is 5.91 Å². The molecule has 2 aliphatic rings. The number of carbonyl (C=O) groups is 2. The molecule has 0 aliphatic carbocycles. The van der Waals surface area contributed by atoms with E-state index in [0.717, 1.165) is 51.9 Å². The Morgan fingerprint density at radius 1 is 1.21 bits per heavy atom. The monoisotopic (exact) mass is 389 g/mol. The fourth-order valence-corrected chi connectivity index (χ4v) is 4.34. The summed E-state index contributed by atoms with van der Waals surface area (Å²) in [5.74, 6) is 0.359. The maximum absolute atomic E-state index is 12.7. The quantitative estimate of drug-likeness (QED) is 0.809. The molecule has 1 atom stereocenters. The lowest BCUT2D eigenvalue weighted by Crippen LogP contribution is -2.47. The Bertz CT molecular complexity index is 664. The van der Waals surface area contributed by atoms with Crippen LogP contribution in [0.4, 0.5) is 0 Å². The molecule has 7 nitrogen and oxygen atoms in total. The van der Waals surface area contributed by atoms with Gasteiger partial charge in [-0.15, -0.1) is 0 Å². The van der Waals surface area contributed by atoms with Crippen LogP contribution in [-0.2, 0) is 11.3 Å². The van der Waals surface area contributed by atoms with E-state index in [0.29, 0.717) is 30.7 Å². The van der Waals surface area contributed by atoms with Crippen molar-refractivity contribution in [3.63, 3.8) is 0 Å². The van der Waals surface area contributed by atoms with E-state index in [1.165, 1.54) is 0 Å². The first-order chi connectivity index (χ1) is 13.5. The van der Waals surface area contributed by atoms with Crippen LogP contribution in [0, 0.1) is 5.92 Å². The molecule has 156 valence electrons. The Morgan fingerprint density at radius 3 is 2.61 bits per heavy atom. The highest BCUT2D eigenvalue weighted by Gasteiger charge is 2.28. The molecule has 0 aromatic carbocycles. The minimum Gasteiger partial charge on any atom is -0.353 e. The fourth-order valence-electron chi connectivity index (χ4n) is 4.34. The van der Waals surface area contributed by atoms with Gasteiger partial charge in [0.2, 0.25) is 5.91 Å². The van der Waals surface area contributed by atoms with Gasteiger partial charge in [0.15, 0.2) is 0 Å². The Labute approximate surface area is 168 Å². The molecule has 0 radical (unpaired) electrons. The van der Waals surface area contributed by atoms with Crippen molar-refractivity contribution >= 4 is 11.8 Å². The molecule has 3 heterocycles. The number of carbonyl (C=O) groups excluding carboxylic acids is 2. The third kappa shape index (κ3) is 5.34. The van der Waals surface area contributed by atoms with Crippen LogP contribution in [0.15, 0.2) is 12.3 Å². The number of hydrogen-bond donors (Lipinski definition) is 1. The third-order valence-electron chi connectivity index (χ3n) is 6.09. The molecule has 7 heteroatoms. The van der Waals surface area contributed by atoms with Crippen LogP contribution < -0.4 is 5.32 Å². The van der Waals surface area contributed by atoms with E-state index in [2.05, 4.69) is 29.2 Å². The van der Waals surface area contributed by atoms with Crippen molar-refractivity contribution in [2.24, 2.45) is 5.92 Å². The van der Waals surface area contributed by atoms with Crippen LogP contribution in [0.5, 0.6) is 0 Å². The standard InChI is InChI=1S/C21H35N5O2/c1-4-26-13-9-19(23-26)21(28)25-10-5-6-17(15-25)14-20(27)22-18-7-11-24(12-8-18)16(2)3/h9,13,16-18H,4-8,10-12,14-15H2,1-3H3,(H,22,27)/t17-/m1/s1. The molecule has 1 N–H and O–H groups in total. The molecule has 0 unspecified atom stereocenters. The second-order valence-corrected chi connectivity index (χ2v) is 8.49. The minimum absolute atomic E-state index is 0.0154. The van der Waals surface area contributed by atoms with E-state index < -0.39 is 0 Å². The fraction of sp³-hybridized carbons (Fsp3) is 0.762. The lowest BCUT2D eigenvalue weighted by molar-refractivity contribution is -0.123. The van der Waals surface area contributed by atoms with Crippen LogP contribution >= 0.6 is 0 Å². The zero-order valence-corrected chi connectivity index (χ0v) is 17.6. The van der Waals surface area contributed by atoms with Crippen molar-refractivity contribution in [1.82, 2.24) is 24.9 Å². The second-order valence-electron chi connectivity index (χ2n) is 8.49. The van der Waals surface area contributed by atoms with Crippen molar-refractivity contribution in [3.05, 3.63) is 18.0 Å². The molecule has 1 aromatic rings. The summed E-state index contributed by atoms with van der Waals surface area (Å²) in [5.41, 5.74) is 0.504. The number of rotatable bonds is 6. The lowest BCUT2D eigenvalue weighted by Gasteiger charge is -2.35. The molecule has 2 aliphatic heterocycles. The van der Waals surface area contributed by atoms with Gasteiger partial charge in [-0.1, -0.05) is 0 Å². The maximum atomic E-state index is 12.7. The first-order valence-corrected chi connectivity index (χ1v) is 10.8. The summed E-state index contributed by atoms with van der Waals surface area (Å²) in [5, 5.41) is 7.56. The third-order valence-corrected chi connectivity index (χ3v) is 6.09. The molecular weight excluding hydrogens is 354 g/mol. The minimum atomic E-state index is -0.0154. The summed E-state index contributed by atoms with van der Waals surface area (Å²) in [4.78, 5) is 29.6. The molecule has 0 saturated carbocycles. The molecule has 2 amide bonds. The number of aromatic nitrogens is 2. The number of amides is 2. The summed E-state index contributed by atoms with van der Waals surface area (Å²) in [6.45, 7) is 10.7. The Balaban J connectivity index is 1.45.